The number of phenolic OH excluding ortho intramolecular Hbond substituents is 1. The molecule has 0 aliphatic carbocycles. The summed E-state index contributed by atoms with van der Waals surface area (Å²) in [7, 11) is -2.94. The van der Waals surface area contributed by atoms with Gasteiger partial charge in [-0.05, 0) is 19.1 Å². The van der Waals surface area contributed by atoms with Crippen LogP contribution < -0.4 is 0 Å². The molecule has 1 unspecified atom stereocenters. The highest BCUT2D eigenvalue weighted by Gasteiger charge is 2.28. The molecule has 19 heavy (non-hydrogen) atoms. The van der Waals surface area contributed by atoms with Crippen LogP contribution in [0.25, 0.3) is 0 Å². The van der Waals surface area contributed by atoms with Crippen molar-refractivity contribution in [1.82, 2.24) is 4.90 Å². The lowest BCUT2D eigenvalue weighted by Crippen LogP contribution is -2.46. The van der Waals surface area contributed by atoms with E-state index < -0.39 is 9.84 Å². The summed E-state index contributed by atoms with van der Waals surface area (Å²) in [5.41, 5.74) is 0.614. The minimum atomic E-state index is -2.94. The first-order chi connectivity index (χ1) is 8.78. The number of phenols is 1. The molecule has 2 rings (SSSR count). The largest absolute Gasteiger partial charge is 0.506 e. The van der Waals surface area contributed by atoms with Gasteiger partial charge in [-0.25, -0.2) is 8.42 Å². The summed E-state index contributed by atoms with van der Waals surface area (Å²) in [6.45, 7) is 2.75. The summed E-state index contributed by atoms with van der Waals surface area (Å²) in [6.07, 6.45) is 0. The zero-order chi connectivity index (χ0) is 14.2. The molecule has 1 aromatic rings. The Bertz CT molecular complexity index is 589. The van der Waals surface area contributed by atoms with E-state index in [0.717, 1.165) is 0 Å². The molecule has 1 aromatic carbocycles. The van der Waals surface area contributed by atoms with Crippen molar-refractivity contribution in [3.8, 4) is 5.75 Å². The number of hydrogen-bond acceptors (Lipinski definition) is 4. The maximum absolute atomic E-state index is 11.5. The van der Waals surface area contributed by atoms with Crippen molar-refractivity contribution in [2.24, 2.45) is 0 Å². The normalized spacial score (nSPS) is 23.4. The summed E-state index contributed by atoms with van der Waals surface area (Å²) in [5.74, 6) is 0.292. The van der Waals surface area contributed by atoms with E-state index in [1.54, 1.807) is 6.07 Å². The van der Waals surface area contributed by atoms with E-state index in [-0.39, 0.29) is 28.3 Å². The Balaban J connectivity index is 2.18. The van der Waals surface area contributed by atoms with Crippen molar-refractivity contribution in [3.05, 3.63) is 27.7 Å². The van der Waals surface area contributed by atoms with Gasteiger partial charge < -0.3 is 5.11 Å². The summed E-state index contributed by atoms with van der Waals surface area (Å²) in [5, 5.41) is 10.6. The predicted molar refractivity (Wildman–Crippen MR) is 76.7 cm³/mol. The molecule has 0 aromatic heterocycles. The highest BCUT2D eigenvalue weighted by molar-refractivity contribution is 7.91. The quantitative estimate of drug-likeness (QED) is 0.907. The number of nitrogens with zero attached hydrogens (tertiary/aromatic N) is 1. The predicted octanol–water partition coefficient (Wildman–Crippen LogP) is 2.32. The van der Waals surface area contributed by atoms with Gasteiger partial charge in [-0.2, -0.15) is 0 Å². The van der Waals surface area contributed by atoms with Crippen LogP contribution in [-0.2, 0) is 16.4 Å². The van der Waals surface area contributed by atoms with Crippen molar-refractivity contribution in [1.29, 1.82) is 0 Å². The molecule has 106 valence electrons. The molecule has 1 atom stereocenters. The first-order valence-corrected chi connectivity index (χ1v) is 8.47. The van der Waals surface area contributed by atoms with Crippen molar-refractivity contribution in [2.45, 2.75) is 19.5 Å². The average molecular weight is 324 g/mol. The van der Waals surface area contributed by atoms with E-state index in [2.05, 4.69) is 0 Å². The number of rotatable bonds is 2. The van der Waals surface area contributed by atoms with E-state index in [0.29, 0.717) is 23.7 Å². The third-order valence-corrected chi connectivity index (χ3v) is 5.59. The van der Waals surface area contributed by atoms with Gasteiger partial charge in [-0.15, -0.1) is 0 Å². The molecule has 1 heterocycles. The molecule has 1 saturated heterocycles. The molecule has 0 amide bonds. The van der Waals surface area contributed by atoms with Gasteiger partial charge in [0, 0.05) is 29.7 Å². The Labute approximate surface area is 122 Å². The van der Waals surface area contributed by atoms with E-state index >= 15 is 0 Å². The summed E-state index contributed by atoms with van der Waals surface area (Å²) in [6, 6.07) is 3.04. The number of halogens is 2. The summed E-state index contributed by atoms with van der Waals surface area (Å²) >= 11 is 11.8. The molecule has 1 N–H and O–H groups in total. The Morgan fingerprint density at radius 2 is 2.11 bits per heavy atom. The molecule has 0 radical (unpaired) electrons. The Hall–Kier alpha value is -0.490. The lowest BCUT2D eigenvalue weighted by atomic mass is 10.1. The van der Waals surface area contributed by atoms with E-state index in [4.69, 9.17) is 23.2 Å². The Morgan fingerprint density at radius 3 is 2.74 bits per heavy atom. The minimum Gasteiger partial charge on any atom is -0.506 e. The number of aromatic hydroxyl groups is 1. The maximum atomic E-state index is 11.5. The van der Waals surface area contributed by atoms with Gasteiger partial charge in [0.15, 0.2) is 9.84 Å². The standard InChI is InChI=1S/C12H15Cl2NO3S/c1-8-7-19(17,18)3-2-15(8)6-9-4-10(13)5-11(14)12(9)16/h4-5,8,16H,2-3,6-7H2,1H3. The van der Waals surface area contributed by atoms with Crippen molar-refractivity contribution < 1.29 is 13.5 Å². The van der Waals surface area contributed by atoms with Crippen molar-refractivity contribution in [3.63, 3.8) is 0 Å². The van der Waals surface area contributed by atoms with Crippen LogP contribution in [0.15, 0.2) is 12.1 Å². The molecular formula is C12H15Cl2NO3S. The third-order valence-electron chi connectivity index (χ3n) is 3.29. The topological polar surface area (TPSA) is 57.6 Å². The Kier molecular flexibility index (Phi) is 4.30. The van der Waals surface area contributed by atoms with Gasteiger partial charge in [-0.3, -0.25) is 4.90 Å². The van der Waals surface area contributed by atoms with Crippen molar-refractivity contribution >= 4 is 33.0 Å². The maximum Gasteiger partial charge on any atom is 0.153 e. The van der Waals surface area contributed by atoms with E-state index in [1.807, 2.05) is 11.8 Å². The lowest BCUT2D eigenvalue weighted by Gasteiger charge is -2.33. The minimum absolute atomic E-state index is 0.00620. The smallest absolute Gasteiger partial charge is 0.153 e. The van der Waals surface area contributed by atoms with Gasteiger partial charge in [0.25, 0.3) is 0 Å². The van der Waals surface area contributed by atoms with Gasteiger partial charge in [0.2, 0.25) is 0 Å². The van der Waals surface area contributed by atoms with Gasteiger partial charge in [0.1, 0.15) is 5.75 Å². The molecule has 7 heteroatoms. The molecule has 1 aliphatic rings. The molecule has 0 bridgehead atoms. The molecule has 0 saturated carbocycles. The monoisotopic (exact) mass is 323 g/mol. The van der Waals surface area contributed by atoms with Crippen LogP contribution in [0.1, 0.15) is 12.5 Å². The fraction of sp³-hybridized carbons (Fsp3) is 0.500. The first-order valence-electron chi connectivity index (χ1n) is 5.90. The first kappa shape index (κ1) is 14.9. The van der Waals surface area contributed by atoms with Crippen molar-refractivity contribution in [2.75, 3.05) is 18.1 Å². The SMILES string of the molecule is CC1CS(=O)(=O)CCN1Cc1cc(Cl)cc(Cl)c1O. The summed E-state index contributed by atoms with van der Waals surface area (Å²) in [4.78, 5) is 2.00. The zero-order valence-corrected chi connectivity index (χ0v) is 12.8. The molecule has 4 nitrogen and oxygen atoms in total. The number of benzene rings is 1. The zero-order valence-electron chi connectivity index (χ0n) is 10.4. The van der Waals surface area contributed by atoms with Crippen LogP contribution in [0.4, 0.5) is 0 Å². The average Bonchev–Trinajstić information content (AvgIpc) is 2.28. The second-order valence-electron chi connectivity index (χ2n) is 4.83. The second kappa shape index (κ2) is 5.48. The van der Waals surface area contributed by atoms with E-state index in [1.165, 1.54) is 6.07 Å². The molecule has 0 spiro atoms. The van der Waals surface area contributed by atoms with Crippen LogP contribution in [0.5, 0.6) is 5.75 Å². The van der Waals surface area contributed by atoms with Crippen LogP contribution in [-0.4, -0.2) is 42.5 Å². The van der Waals surface area contributed by atoms with Crippen LogP contribution in [0.2, 0.25) is 10.0 Å². The van der Waals surface area contributed by atoms with Gasteiger partial charge in [0.05, 0.1) is 16.5 Å². The molecule has 1 aliphatic heterocycles. The lowest BCUT2D eigenvalue weighted by molar-refractivity contribution is 0.215. The highest BCUT2D eigenvalue weighted by Crippen LogP contribution is 2.32. The number of hydrogen-bond donors (Lipinski definition) is 1. The van der Waals surface area contributed by atoms with Gasteiger partial charge in [-0.1, -0.05) is 23.2 Å². The Morgan fingerprint density at radius 1 is 1.42 bits per heavy atom. The third kappa shape index (κ3) is 3.54. The van der Waals surface area contributed by atoms with Crippen LogP contribution in [0, 0.1) is 0 Å². The van der Waals surface area contributed by atoms with Crippen LogP contribution in [0.3, 0.4) is 0 Å². The number of sulfone groups is 1. The fourth-order valence-electron chi connectivity index (χ4n) is 2.23. The van der Waals surface area contributed by atoms with Crippen LogP contribution >= 0.6 is 23.2 Å². The molecular weight excluding hydrogens is 309 g/mol. The van der Waals surface area contributed by atoms with E-state index in [9.17, 15) is 13.5 Å². The summed E-state index contributed by atoms with van der Waals surface area (Å²) < 4.78 is 23.0. The van der Waals surface area contributed by atoms with Gasteiger partial charge >= 0.3 is 0 Å². The molecule has 1 fully saturated rings. The second-order valence-corrected chi connectivity index (χ2v) is 7.90. The highest BCUT2D eigenvalue weighted by atomic mass is 35.5. The fourth-order valence-corrected chi connectivity index (χ4v) is 4.39.